The molecule has 0 unspecified atom stereocenters. The first-order chi connectivity index (χ1) is 31.2. The highest BCUT2D eigenvalue weighted by Gasteiger charge is 2.19. The van der Waals surface area contributed by atoms with Crippen molar-refractivity contribution < 1.29 is 4.42 Å². The summed E-state index contributed by atoms with van der Waals surface area (Å²) in [7, 11) is 0. The van der Waals surface area contributed by atoms with Crippen LogP contribution in [-0.4, -0.2) is 4.57 Å². The van der Waals surface area contributed by atoms with Crippen LogP contribution in [0.1, 0.15) is 0 Å². The van der Waals surface area contributed by atoms with Crippen molar-refractivity contribution in [2.75, 3.05) is 4.90 Å². The molecule has 9 aromatic carbocycles. The van der Waals surface area contributed by atoms with Gasteiger partial charge in [0.05, 0.1) is 16.7 Å². The Morgan fingerprint density at radius 1 is 0.365 bits per heavy atom. The zero-order valence-corrected chi connectivity index (χ0v) is 35.5. The van der Waals surface area contributed by atoms with E-state index in [0.29, 0.717) is 0 Å². The molecule has 0 fully saturated rings. The Balaban J connectivity index is 0.886. The van der Waals surface area contributed by atoms with Gasteiger partial charge < -0.3 is 13.9 Å². The van der Waals surface area contributed by atoms with Crippen LogP contribution >= 0.6 is 22.7 Å². The van der Waals surface area contributed by atoms with Gasteiger partial charge in [0, 0.05) is 57.8 Å². The Morgan fingerprint density at radius 2 is 0.873 bits per heavy atom. The Kier molecular flexibility index (Phi) is 8.26. The molecule has 0 saturated carbocycles. The van der Waals surface area contributed by atoms with E-state index in [1.165, 1.54) is 57.4 Å². The average Bonchev–Trinajstić information content (AvgIpc) is 4.14. The Morgan fingerprint density at radius 3 is 1.51 bits per heavy atom. The number of furan rings is 1. The van der Waals surface area contributed by atoms with E-state index in [4.69, 9.17) is 4.42 Å². The van der Waals surface area contributed by atoms with Crippen LogP contribution in [0.5, 0.6) is 0 Å². The maximum atomic E-state index is 6.54. The quantitative estimate of drug-likeness (QED) is 0.159. The van der Waals surface area contributed by atoms with Gasteiger partial charge in [-0.05, 0) is 124 Å². The Hall–Kier alpha value is -7.70. The zero-order valence-electron chi connectivity index (χ0n) is 33.9. The summed E-state index contributed by atoms with van der Waals surface area (Å²) in [4.78, 5) is 4.92. The van der Waals surface area contributed by atoms with Gasteiger partial charge in [-0.25, -0.2) is 0 Å². The predicted molar refractivity (Wildman–Crippen MR) is 270 cm³/mol. The lowest BCUT2D eigenvalue weighted by molar-refractivity contribution is 0.666. The number of aromatic nitrogens is 1. The third-order valence-corrected chi connectivity index (χ3v) is 14.8. The summed E-state index contributed by atoms with van der Waals surface area (Å²) in [6.45, 7) is 0. The normalized spacial score (nSPS) is 11.8. The third-order valence-electron chi connectivity index (χ3n) is 12.4. The van der Waals surface area contributed by atoms with Gasteiger partial charge in [-0.15, -0.1) is 22.7 Å². The van der Waals surface area contributed by atoms with Crippen molar-refractivity contribution in [1.82, 2.24) is 4.57 Å². The first-order valence-corrected chi connectivity index (χ1v) is 22.9. The number of thiophene rings is 2. The molecular weight excluding hydrogens is 805 g/mol. The molecule has 0 saturated heterocycles. The fraction of sp³-hybridized carbons (Fsp3) is 0. The molecule has 296 valence electrons. The second-order valence-corrected chi connectivity index (χ2v) is 18.3. The van der Waals surface area contributed by atoms with Crippen LogP contribution in [0.25, 0.3) is 102 Å². The summed E-state index contributed by atoms with van der Waals surface area (Å²) in [5.74, 6) is 0. The summed E-state index contributed by atoms with van der Waals surface area (Å²) in [5.41, 5.74) is 13.2. The topological polar surface area (TPSA) is 21.3 Å². The minimum Gasteiger partial charge on any atom is -0.454 e. The van der Waals surface area contributed by atoms with E-state index < -0.39 is 0 Å². The molecule has 0 aliphatic carbocycles. The SMILES string of the molecule is c1ccc2sc(-c3ccc(N(c4ccc(-c5ccc6c(c5)c5ccccc5n6-c5cccc6c5oc5ccccc56)cc4)c4ccc(-c5cc6ccccc6s5)cc4)cc3)cc2c1. The zero-order chi connectivity index (χ0) is 41.4. The molecule has 0 atom stereocenters. The summed E-state index contributed by atoms with van der Waals surface area (Å²) in [6.07, 6.45) is 0. The second kappa shape index (κ2) is 14.5. The van der Waals surface area contributed by atoms with Crippen molar-refractivity contribution in [3.63, 3.8) is 0 Å². The highest BCUT2D eigenvalue weighted by molar-refractivity contribution is 7.22. The van der Waals surface area contributed by atoms with Crippen molar-refractivity contribution in [2.45, 2.75) is 0 Å². The van der Waals surface area contributed by atoms with Gasteiger partial charge in [-0.1, -0.05) is 127 Å². The first kappa shape index (κ1) is 36.0. The molecule has 63 heavy (non-hydrogen) atoms. The smallest absolute Gasteiger partial charge is 0.159 e. The minimum absolute atomic E-state index is 0.898. The molecule has 0 amide bonds. The molecule has 4 heterocycles. The number of fused-ring (bicyclic) bond motifs is 8. The molecule has 5 heteroatoms. The molecule has 13 aromatic rings. The average molecular weight is 841 g/mol. The lowest BCUT2D eigenvalue weighted by atomic mass is 10.0. The number of benzene rings is 9. The summed E-state index contributed by atoms with van der Waals surface area (Å²) >= 11 is 3.68. The van der Waals surface area contributed by atoms with E-state index in [1.807, 2.05) is 28.7 Å². The van der Waals surface area contributed by atoms with Crippen LogP contribution in [0.15, 0.2) is 223 Å². The number of rotatable bonds is 7. The molecule has 0 spiro atoms. The standard InChI is InChI=1S/C58H36N2OS2/c1-7-18-54-41(10-1)35-56(62-54)38-22-29-44(30-23-38)59(45-31-24-39(25-32-45)57-36-42-11-2-8-19-55(42)63-57)43-27-20-37(21-28-43)40-26-33-51-49(34-40)46-12-3-5-15-50(46)60(51)52-16-9-14-48-47-13-4-6-17-53(47)61-58(48)52/h1-36H. The van der Waals surface area contributed by atoms with Gasteiger partial charge in [-0.3, -0.25) is 0 Å². The number of nitrogens with zero attached hydrogens (tertiary/aromatic N) is 2. The van der Waals surface area contributed by atoms with Crippen LogP contribution in [0.2, 0.25) is 0 Å². The van der Waals surface area contributed by atoms with E-state index >= 15 is 0 Å². The van der Waals surface area contributed by atoms with Crippen LogP contribution < -0.4 is 4.90 Å². The van der Waals surface area contributed by atoms with E-state index in [1.54, 1.807) is 0 Å². The monoisotopic (exact) mass is 840 g/mol. The Bertz CT molecular complexity index is 3670. The third kappa shape index (κ3) is 6.00. The van der Waals surface area contributed by atoms with Crippen molar-refractivity contribution in [3.8, 4) is 37.7 Å². The van der Waals surface area contributed by atoms with Crippen molar-refractivity contribution in [1.29, 1.82) is 0 Å². The lowest BCUT2D eigenvalue weighted by Gasteiger charge is -2.26. The maximum absolute atomic E-state index is 6.54. The van der Waals surface area contributed by atoms with Crippen LogP contribution in [0.3, 0.4) is 0 Å². The highest BCUT2D eigenvalue weighted by atomic mass is 32.1. The molecule has 13 rings (SSSR count). The number of hydrogen-bond acceptors (Lipinski definition) is 4. The van der Waals surface area contributed by atoms with E-state index in [0.717, 1.165) is 61.3 Å². The van der Waals surface area contributed by atoms with Crippen molar-refractivity contribution >= 4 is 104 Å². The van der Waals surface area contributed by atoms with Crippen molar-refractivity contribution in [2.24, 2.45) is 0 Å². The van der Waals surface area contributed by atoms with Gasteiger partial charge in [0.15, 0.2) is 5.58 Å². The minimum atomic E-state index is 0.898. The van der Waals surface area contributed by atoms with Crippen molar-refractivity contribution in [3.05, 3.63) is 218 Å². The summed E-state index contributed by atoms with van der Waals surface area (Å²) < 4.78 is 11.5. The Labute approximate surface area is 371 Å². The van der Waals surface area contributed by atoms with Gasteiger partial charge in [0.2, 0.25) is 0 Å². The predicted octanol–water partition coefficient (Wildman–Crippen LogP) is 17.6. The molecule has 0 N–H and O–H groups in total. The molecule has 0 aliphatic heterocycles. The fourth-order valence-electron chi connectivity index (χ4n) is 9.37. The largest absolute Gasteiger partial charge is 0.454 e. The van der Waals surface area contributed by atoms with E-state index in [2.05, 4.69) is 222 Å². The van der Waals surface area contributed by atoms with Gasteiger partial charge >= 0.3 is 0 Å². The molecule has 3 nitrogen and oxygen atoms in total. The molecule has 0 bridgehead atoms. The van der Waals surface area contributed by atoms with E-state index in [-0.39, 0.29) is 0 Å². The first-order valence-electron chi connectivity index (χ1n) is 21.2. The number of hydrogen-bond donors (Lipinski definition) is 0. The van der Waals surface area contributed by atoms with E-state index in [9.17, 15) is 0 Å². The number of anilines is 3. The van der Waals surface area contributed by atoms with Gasteiger partial charge in [-0.2, -0.15) is 0 Å². The van der Waals surface area contributed by atoms with Gasteiger partial charge in [0.1, 0.15) is 5.58 Å². The van der Waals surface area contributed by atoms with Crippen LogP contribution in [-0.2, 0) is 0 Å². The molecule has 0 radical (unpaired) electrons. The summed E-state index contributed by atoms with van der Waals surface area (Å²) in [5, 5.41) is 7.24. The maximum Gasteiger partial charge on any atom is 0.159 e. The number of para-hydroxylation sites is 3. The molecule has 4 aromatic heterocycles. The highest BCUT2D eigenvalue weighted by Crippen LogP contribution is 2.43. The fourth-order valence-corrected chi connectivity index (χ4v) is 11.5. The molecular formula is C58H36N2OS2. The summed E-state index contributed by atoms with van der Waals surface area (Å²) in [6, 6.07) is 79.2. The second-order valence-electron chi connectivity index (χ2n) is 16.1. The van der Waals surface area contributed by atoms with Crippen LogP contribution in [0, 0.1) is 0 Å². The van der Waals surface area contributed by atoms with Crippen LogP contribution in [0.4, 0.5) is 17.1 Å². The lowest BCUT2D eigenvalue weighted by Crippen LogP contribution is -2.09. The molecule has 0 aliphatic rings. The van der Waals surface area contributed by atoms with Gasteiger partial charge in [0.25, 0.3) is 0 Å².